The Morgan fingerprint density at radius 3 is 2.81 bits per heavy atom. The Morgan fingerprint density at radius 1 is 1.08 bits per heavy atom. The number of imidazole rings is 1. The van der Waals surface area contributed by atoms with Crippen molar-refractivity contribution in [1.82, 2.24) is 15.0 Å². The highest BCUT2D eigenvalue weighted by atomic mass is 32.2. The summed E-state index contributed by atoms with van der Waals surface area (Å²) in [4.78, 5) is 24.7. The van der Waals surface area contributed by atoms with Crippen molar-refractivity contribution < 1.29 is 4.79 Å². The molecule has 0 fully saturated rings. The van der Waals surface area contributed by atoms with Gasteiger partial charge in [-0.3, -0.25) is 4.79 Å². The second-order valence-electron chi connectivity index (χ2n) is 5.70. The Bertz CT molecular complexity index is 1060. The molecule has 26 heavy (non-hydrogen) atoms. The van der Waals surface area contributed by atoms with Crippen molar-refractivity contribution in [3.8, 4) is 11.4 Å². The molecule has 1 amide bonds. The number of H-pyrrole nitrogens is 1. The number of nitrogens with one attached hydrogen (secondary N) is 2. The summed E-state index contributed by atoms with van der Waals surface area (Å²) in [6, 6.07) is 19.1. The van der Waals surface area contributed by atoms with E-state index in [0.717, 1.165) is 22.4 Å². The SMILES string of the molecule is CSc1ncccc1C(=O)Nc1cccc(-c2nc3ccccc3[nH]2)c1. The number of hydrogen-bond acceptors (Lipinski definition) is 4. The molecule has 0 spiro atoms. The molecule has 0 saturated carbocycles. The predicted octanol–water partition coefficient (Wildman–Crippen LogP) is 4.60. The van der Waals surface area contributed by atoms with E-state index in [4.69, 9.17) is 0 Å². The first-order chi connectivity index (χ1) is 12.7. The molecular formula is C20H16N4OS. The summed E-state index contributed by atoms with van der Waals surface area (Å²) in [7, 11) is 0. The fraction of sp³-hybridized carbons (Fsp3) is 0.0500. The van der Waals surface area contributed by atoms with Crippen molar-refractivity contribution >= 4 is 34.4 Å². The molecule has 0 unspecified atom stereocenters. The van der Waals surface area contributed by atoms with Gasteiger partial charge in [-0.2, -0.15) is 0 Å². The second-order valence-corrected chi connectivity index (χ2v) is 6.49. The molecule has 2 heterocycles. The lowest BCUT2D eigenvalue weighted by atomic mass is 10.2. The van der Waals surface area contributed by atoms with Gasteiger partial charge in [0.05, 0.1) is 16.6 Å². The third kappa shape index (κ3) is 3.19. The number of benzene rings is 2. The quantitative estimate of drug-likeness (QED) is 0.522. The number of aromatic nitrogens is 3. The van der Waals surface area contributed by atoms with Gasteiger partial charge in [0, 0.05) is 17.4 Å². The Labute approximate surface area is 154 Å². The van der Waals surface area contributed by atoms with Gasteiger partial charge in [0.15, 0.2) is 0 Å². The molecule has 0 bridgehead atoms. The lowest BCUT2D eigenvalue weighted by molar-refractivity contribution is 0.102. The first-order valence-electron chi connectivity index (χ1n) is 8.10. The van der Waals surface area contributed by atoms with Crippen LogP contribution in [0.5, 0.6) is 0 Å². The number of thioether (sulfide) groups is 1. The van der Waals surface area contributed by atoms with Crippen molar-refractivity contribution in [3.63, 3.8) is 0 Å². The Kier molecular flexibility index (Phi) is 4.41. The summed E-state index contributed by atoms with van der Waals surface area (Å²) in [5.41, 5.74) is 4.09. The largest absolute Gasteiger partial charge is 0.338 e. The Morgan fingerprint density at radius 2 is 1.96 bits per heavy atom. The topological polar surface area (TPSA) is 70.7 Å². The van der Waals surface area contributed by atoms with Crippen LogP contribution >= 0.6 is 11.8 Å². The molecule has 128 valence electrons. The van der Waals surface area contributed by atoms with Crippen molar-refractivity contribution in [2.45, 2.75) is 5.03 Å². The number of anilines is 1. The van der Waals surface area contributed by atoms with Crippen LogP contribution in [-0.2, 0) is 0 Å². The van der Waals surface area contributed by atoms with Crippen LogP contribution < -0.4 is 5.32 Å². The number of para-hydroxylation sites is 2. The van der Waals surface area contributed by atoms with E-state index in [1.54, 1.807) is 18.3 Å². The number of amides is 1. The normalized spacial score (nSPS) is 10.8. The third-order valence-corrected chi connectivity index (χ3v) is 4.70. The molecule has 4 rings (SSSR count). The standard InChI is InChI=1S/C20H16N4OS/c1-26-20-15(8-5-11-21-20)19(25)22-14-7-4-6-13(12-14)18-23-16-9-2-3-10-17(16)24-18/h2-12H,1H3,(H,22,25)(H,23,24). The van der Waals surface area contributed by atoms with E-state index in [1.807, 2.05) is 54.8 Å². The number of carbonyl (C=O) groups is 1. The van der Waals surface area contributed by atoms with Gasteiger partial charge in [-0.15, -0.1) is 11.8 Å². The summed E-state index contributed by atoms with van der Waals surface area (Å²) in [6.45, 7) is 0. The smallest absolute Gasteiger partial charge is 0.258 e. The van der Waals surface area contributed by atoms with Crippen molar-refractivity contribution in [1.29, 1.82) is 0 Å². The van der Waals surface area contributed by atoms with Crippen LogP contribution in [0.1, 0.15) is 10.4 Å². The first kappa shape index (κ1) is 16.4. The third-order valence-electron chi connectivity index (χ3n) is 3.99. The van der Waals surface area contributed by atoms with Gasteiger partial charge in [-0.25, -0.2) is 9.97 Å². The number of aromatic amines is 1. The summed E-state index contributed by atoms with van der Waals surface area (Å²) in [5.74, 6) is 0.595. The molecule has 2 aromatic carbocycles. The van der Waals surface area contributed by atoms with Crippen LogP contribution in [0, 0.1) is 0 Å². The van der Waals surface area contributed by atoms with E-state index in [-0.39, 0.29) is 5.91 Å². The van der Waals surface area contributed by atoms with Crippen molar-refractivity contribution in [3.05, 3.63) is 72.4 Å². The average molecular weight is 360 g/mol. The fourth-order valence-electron chi connectivity index (χ4n) is 2.76. The number of fused-ring (bicyclic) bond motifs is 1. The van der Waals surface area contributed by atoms with Gasteiger partial charge >= 0.3 is 0 Å². The maximum atomic E-state index is 12.6. The molecule has 0 aliphatic heterocycles. The van der Waals surface area contributed by atoms with Crippen LogP contribution in [0.25, 0.3) is 22.4 Å². The number of pyridine rings is 1. The van der Waals surface area contributed by atoms with E-state index in [0.29, 0.717) is 16.3 Å². The second kappa shape index (κ2) is 7.01. The fourth-order valence-corrected chi connectivity index (χ4v) is 3.31. The van der Waals surface area contributed by atoms with Crippen molar-refractivity contribution in [2.24, 2.45) is 0 Å². The predicted molar refractivity (Wildman–Crippen MR) is 106 cm³/mol. The number of carbonyl (C=O) groups excluding carboxylic acids is 1. The van der Waals surface area contributed by atoms with Gasteiger partial charge in [0.2, 0.25) is 0 Å². The Balaban J connectivity index is 1.62. The number of nitrogens with zero attached hydrogens (tertiary/aromatic N) is 2. The van der Waals surface area contributed by atoms with Crippen LogP contribution in [-0.4, -0.2) is 27.1 Å². The average Bonchev–Trinajstić information content (AvgIpc) is 3.12. The van der Waals surface area contributed by atoms with Gasteiger partial charge < -0.3 is 10.3 Å². The Hall–Kier alpha value is -3.12. The molecule has 0 atom stereocenters. The minimum atomic E-state index is -0.177. The van der Waals surface area contributed by atoms with Gasteiger partial charge in [-0.05, 0) is 42.7 Å². The van der Waals surface area contributed by atoms with E-state index in [1.165, 1.54) is 11.8 Å². The maximum Gasteiger partial charge on any atom is 0.258 e. The zero-order chi connectivity index (χ0) is 17.9. The van der Waals surface area contributed by atoms with E-state index in [2.05, 4.69) is 20.3 Å². The van der Waals surface area contributed by atoms with Crippen LogP contribution in [0.3, 0.4) is 0 Å². The monoisotopic (exact) mass is 360 g/mol. The molecule has 5 nitrogen and oxygen atoms in total. The minimum Gasteiger partial charge on any atom is -0.338 e. The molecule has 2 aromatic heterocycles. The highest BCUT2D eigenvalue weighted by Crippen LogP contribution is 2.24. The highest BCUT2D eigenvalue weighted by molar-refractivity contribution is 7.98. The molecular weight excluding hydrogens is 344 g/mol. The molecule has 0 saturated heterocycles. The number of hydrogen-bond donors (Lipinski definition) is 2. The summed E-state index contributed by atoms with van der Waals surface area (Å²) in [6.07, 6.45) is 3.59. The van der Waals surface area contributed by atoms with Gasteiger partial charge in [0.25, 0.3) is 5.91 Å². The molecule has 0 radical (unpaired) electrons. The van der Waals surface area contributed by atoms with Gasteiger partial charge in [-0.1, -0.05) is 24.3 Å². The van der Waals surface area contributed by atoms with Crippen LogP contribution in [0.4, 0.5) is 5.69 Å². The number of rotatable bonds is 4. The molecule has 4 aromatic rings. The summed E-state index contributed by atoms with van der Waals surface area (Å²) < 4.78 is 0. The minimum absolute atomic E-state index is 0.177. The van der Waals surface area contributed by atoms with Crippen molar-refractivity contribution in [2.75, 3.05) is 11.6 Å². The summed E-state index contributed by atoms with van der Waals surface area (Å²) >= 11 is 1.45. The lowest BCUT2D eigenvalue weighted by Gasteiger charge is -2.08. The maximum absolute atomic E-state index is 12.6. The van der Waals surface area contributed by atoms with E-state index in [9.17, 15) is 4.79 Å². The molecule has 0 aliphatic rings. The zero-order valence-corrected chi connectivity index (χ0v) is 14.9. The van der Waals surface area contributed by atoms with Crippen LogP contribution in [0.2, 0.25) is 0 Å². The zero-order valence-electron chi connectivity index (χ0n) is 14.1. The van der Waals surface area contributed by atoms with E-state index >= 15 is 0 Å². The lowest BCUT2D eigenvalue weighted by Crippen LogP contribution is -2.13. The molecule has 0 aliphatic carbocycles. The summed E-state index contributed by atoms with van der Waals surface area (Å²) in [5, 5.41) is 3.65. The van der Waals surface area contributed by atoms with Gasteiger partial charge in [0.1, 0.15) is 10.9 Å². The highest BCUT2D eigenvalue weighted by Gasteiger charge is 2.12. The molecule has 2 N–H and O–H groups in total. The molecule has 6 heteroatoms. The van der Waals surface area contributed by atoms with Crippen LogP contribution in [0.15, 0.2) is 71.9 Å². The van der Waals surface area contributed by atoms with E-state index < -0.39 is 0 Å². The first-order valence-corrected chi connectivity index (χ1v) is 9.32.